The zero-order chi connectivity index (χ0) is 18.7. The van der Waals surface area contributed by atoms with E-state index in [0.29, 0.717) is 10.8 Å². The SMILES string of the molecule is CCc1nsc(S[C@H](C)C(O)(Cn2cncn2)c2ccc(F)cc2F)n1. The number of nitrogens with zero attached hydrogens (tertiary/aromatic N) is 5. The predicted octanol–water partition coefficient (Wildman–Crippen LogP) is 3.04. The first-order valence-corrected chi connectivity index (χ1v) is 9.57. The Bertz CT molecular complexity index is 873. The molecule has 0 fully saturated rings. The minimum absolute atomic E-state index is 0.00497. The van der Waals surface area contributed by atoms with Crippen LogP contribution in [0.15, 0.2) is 35.2 Å². The quantitative estimate of drug-likeness (QED) is 0.618. The van der Waals surface area contributed by atoms with Crippen LogP contribution in [-0.2, 0) is 18.6 Å². The van der Waals surface area contributed by atoms with Gasteiger partial charge < -0.3 is 5.11 Å². The van der Waals surface area contributed by atoms with Crippen molar-refractivity contribution in [1.82, 2.24) is 24.1 Å². The summed E-state index contributed by atoms with van der Waals surface area (Å²) in [6.45, 7) is 3.68. The van der Waals surface area contributed by atoms with Crippen molar-refractivity contribution < 1.29 is 13.9 Å². The van der Waals surface area contributed by atoms with Gasteiger partial charge in [-0.25, -0.2) is 23.4 Å². The van der Waals surface area contributed by atoms with E-state index in [4.69, 9.17) is 0 Å². The molecule has 2 heterocycles. The normalized spacial score (nSPS) is 15.0. The predicted molar refractivity (Wildman–Crippen MR) is 94.9 cm³/mol. The molecule has 0 aliphatic heterocycles. The zero-order valence-electron chi connectivity index (χ0n) is 14.1. The Balaban J connectivity index is 1.95. The van der Waals surface area contributed by atoms with Gasteiger partial charge in [-0.05, 0) is 24.5 Å². The van der Waals surface area contributed by atoms with Crippen molar-refractivity contribution in [3.8, 4) is 0 Å². The van der Waals surface area contributed by atoms with Crippen LogP contribution in [0.4, 0.5) is 8.78 Å². The van der Waals surface area contributed by atoms with Crippen molar-refractivity contribution in [2.24, 2.45) is 0 Å². The van der Waals surface area contributed by atoms with Gasteiger partial charge in [-0.3, -0.25) is 0 Å². The van der Waals surface area contributed by atoms with Crippen LogP contribution >= 0.6 is 23.3 Å². The van der Waals surface area contributed by atoms with E-state index in [1.807, 2.05) is 6.92 Å². The summed E-state index contributed by atoms with van der Waals surface area (Å²) < 4.78 is 34.1. The molecular weight excluding hydrogens is 380 g/mol. The molecule has 0 saturated heterocycles. The van der Waals surface area contributed by atoms with Gasteiger partial charge in [-0.1, -0.05) is 24.8 Å². The second-order valence-electron chi connectivity index (χ2n) is 5.73. The van der Waals surface area contributed by atoms with Crippen molar-refractivity contribution in [1.29, 1.82) is 0 Å². The molecule has 0 aliphatic rings. The molecule has 1 aromatic carbocycles. The third kappa shape index (κ3) is 3.92. The lowest BCUT2D eigenvalue weighted by Gasteiger charge is -2.33. The highest BCUT2D eigenvalue weighted by molar-refractivity contribution is 8.01. The van der Waals surface area contributed by atoms with E-state index in [1.165, 1.54) is 46.7 Å². The zero-order valence-corrected chi connectivity index (χ0v) is 15.8. The number of thioether (sulfide) groups is 1. The first-order valence-electron chi connectivity index (χ1n) is 7.92. The molecule has 0 amide bonds. The average Bonchev–Trinajstić information content (AvgIpc) is 3.26. The van der Waals surface area contributed by atoms with Crippen molar-refractivity contribution in [3.63, 3.8) is 0 Å². The summed E-state index contributed by atoms with van der Waals surface area (Å²) in [5.74, 6) is -0.796. The summed E-state index contributed by atoms with van der Waals surface area (Å²) in [7, 11) is 0. The molecule has 2 aromatic heterocycles. The lowest BCUT2D eigenvalue weighted by atomic mass is 9.90. The van der Waals surface area contributed by atoms with E-state index in [0.717, 1.165) is 18.0 Å². The van der Waals surface area contributed by atoms with Crippen molar-refractivity contribution in [2.45, 2.75) is 42.0 Å². The van der Waals surface area contributed by atoms with Gasteiger partial charge in [0.1, 0.15) is 35.7 Å². The van der Waals surface area contributed by atoms with Crippen molar-refractivity contribution in [3.05, 3.63) is 53.9 Å². The molecule has 0 radical (unpaired) electrons. The van der Waals surface area contributed by atoms with Gasteiger partial charge in [-0.15, -0.1) is 0 Å². The Morgan fingerprint density at radius 3 is 2.81 bits per heavy atom. The van der Waals surface area contributed by atoms with E-state index >= 15 is 0 Å². The van der Waals surface area contributed by atoms with E-state index in [-0.39, 0.29) is 12.1 Å². The van der Waals surface area contributed by atoms with E-state index < -0.39 is 22.5 Å². The van der Waals surface area contributed by atoms with Gasteiger partial charge in [-0.2, -0.15) is 9.47 Å². The molecule has 1 unspecified atom stereocenters. The summed E-state index contributed by atoms with van der Waals surface area (Å²) in [6.07, 6.45) is 3.47. The van der Waals surface area contributed by atoms with Gasteiger partial charge in [0.25, 0.3) is 0 Å². The highest BCUT2D eigenvalue weighted by atomic mass is 32.2. The Labute approximate surface area is 157 Å². The Morgan fingerprint density at radius 2 is 2.19 bits per heavy atom. The molecule has 26 heavy (non-hydrogen) atoms. The van der Waals surface area contributed by atoms with Crippen LogP contribution in [0.5, 0.6) is 0 Å². The average molecular weight is 397 g/mol. The second-order valence-corrected chi connectivity index (χ2v) is 8.07. The van der Waals surface area contributed by atoms with Crippen LogP contribution in [0, 0.1) is 11.6 Å². The fourth-order valence-electron chi connectivity index (χ4n) is 2.51. The number of hydrogen-bond donors (Lipinski definition) is 1. The molecule has 0 saturated carbocycles. The number of aliphatic hydroxyl groups is 1. The monoisotopic (exact) mass is 397 g/mol. The molecule has 3 aromatic rings. The van der Waals surface area contributed by atoms with Crippen molar-refractivity contribution >= 4 is 23.3 Å². The molecule has 0 aliphatic carbocycles. The molecule has 138 valence electrons. The van der Waals surface area contributed by atoms with Gasteiger partial charge in [0.2, 0.25) is 0 Å². The van der Waals surface area contributed by atoms with Gasteiger partial charge in [0.15, 0.2) is 4.34 Å². The lowest BCUT2D eigenvalue weighted by Crippen LogP contribution is -2.41. The molecule has 10 heteroatoms. The van der Waals surface area contributed by atoms with Crippen LogP contribution in [0.2, 0.25) is 0 Å². The standard InChI is InChI=1S/C16H17F2N5OS2/c1-3-14-21-15(26-22-14)25-10(2)16(24,7-23-9-19-8-20-23)12-5-4-11(17)6-13(12)18/h4-6,8-10,24H,3,7H2,1-2H3/t10-,16?/m1/s1. The Kier molecular flexibility index (Phi) is 5.64. The minimum atomic E-state index is -1.66. The molecular formula is C16H17F2N5OS2. The summed E-state index contributed by atoms with van der Waals surface area (Å²) in [6, 6.07) is 3.15. The molecule has 2 atom stereocenters. The third-order valence-corrected chi connectivity index (χ3v) is 6.08. The van der Waals surface area contributed by atoms with Crippen LogP contribution in [0.1, 0.15) is 25.2 Å². The maximum absolute atomic E-state index is 14.5. The second kappa shape index (κ2) is 7.77. The summed E-state index contributed by atoms with van der Waals surface area (Å²) in [4.78, 5) is 8.23. The maximum atomic E-state index is 14.5. The largest absolute Gasteiger partial charge is 0.382 e. The Hall–Kier alpha value is -1.91. The van der Waals surface area contributed by atoms with Crippen LogP contribution in [-0.4, -0.2) is 34.5 Å². The number of aryl methyl sites for hydroxylation is 1. The smallest absolute Gasteiger partial charge is 0.170 e. The van der Waals surface area contributed by atoms with Gasteiger partial charge in [0.05, 0.1) is 6.54 Å². The number of aromatic nitrogens is 5. The molecule has 6 nitrogen and oxygen atoms in total. The Morgan fingerprint density at radius 1 is 1.38 bits per heavy atom. The van der Waals surface area contributed by atoms with Gasteiger partial charge in [0, 0.05) is 23.3 Å². The van der Waals surface area contributed by atoms with Crippen LogP contribution in [0.3, 0.4) is 0 Å². The molecule has 1 N–H and O–H groups in total. The number of rotatable bonds is 7. The van der Waals surface area contributed by atoms with E-state index in [9.17, 15) is 13.9 Å². The fraction of sp³-hybridized carbons (Fsp3) is 0.375. The fourth-order valence-corrected chi connectivity index (χ4v) is 4.59. The molecule has 0 spiro atoms. The summed E-state index contributed by atoms with van der Waals surface area (Å²) in [5, 5.41) is 14.9. The van der Waals surface area contributed by atoms with Crippen molar-refractivity contribution in [2.75, 3.05) is 0 Å². The van der Waals surface area contributed by atoms with Crippen LogP contribution in [0.25, 0.3) is 0 Å². The first kappa shape index (κ1) is 18.9. The van der Waals surface area contributed by atoms with E-state index in [2.05, 4.69) is 19.4 Å². The molecule has 3 rings (SSSR count). The lowest BCUT2D eigenvalue weighted by molar-refractivity contribution is 0.0133. The highest BCUT2D eigenvalue weighted by Crippen LogP contribution is 2.39. The summed E-state index contributed by atoms with van der Waals surface area (Å²) >= 11 is 2.52. The van der Waals surface area contributed by atoms with E-state index in [1.54, 1.807) is 6.92 Å². The van der Waals surface area contributed by atoms with Gasteiger partial charge >= 0.3 is 0 Å². The first-order chi connectivity index (χ1) is 12.4. The number of benzene rings is 1. The summed E-state index contributed by atoms with van der Waals surface area (Å²) in [5.41, 5.74) is -1.66. The third-order valence-electron chi connectivity index (χ3n) is 3.98. The number of hydrogen-bond acceptors (Lipinski definition) is 7. The highest BCUT2D eigenvalue weighted by Gasteiger charge is 2.40. The maximum Gasteiger partial charge on any atom is 0.170 e. The van der Waals surface area contributed by atoms with Crippen LogP contribution < -0.4 is 0 Å². The topological polar surface area (TPSA) is 76.7 Å². The number of halogens is 2. The minimum Gasteiger partial charge on any atom is -0.382 e. The molecule has 0 bridgehead atoms.